The van der Waals surface area contributed by atoms with Crippen molar-refractivity contribution in [1.29, 1.82) is 0 Å². The Morgan fingerprint density at radius 1 is 1.57 bits per heavy atom. The SMILES string of the molecule is CCC(C)(C)C(=O)Cc1cc(Br)cs1. The normalized spacial score (nSPS) is 11.7. The summed E-state index contributed by atoms with van der Waals surface area (Å²) in [7, 11) is 0. The molecule has 0 unspecified atom stereocenters. The maximum Gasteiger partial charge on any atom is 0.143 e. The Bertz CT molecular complexity index is 328. The van der Waals surface area contributed by atoms with E-state index in [9.17, 15) is 4.79 Å². The van der Waals surface area contributed by atoms with Crippen LogP contribution in [0.4, 0.5) is 0 Å². The van der Waals surface area contributed by atoms with Crippen LogP contribution in [0.1, 0.15) is 32.1 Å². The van der Waals surface area contributed by atoms with E-state index in [1.807, 2.05) is 25.3 Å². The number of Topliss-reactive ketones (excluding diaryl/α,β-unsaturated/α-hetero) is 1. The van der Waals surface area contributed by atoms with Crippen LogP contribution in [0.3, 0.4) is 0 Å². The second-order valence-corrected chi connectivity index (χ2v) is 5.98. The van der Waals surface area contributed by atoms with Crippen molar-refractivity contribution in [2.24, 2.45) is 5.41 Å². The highest BCUT2D eigenvalue weighted by atomic mass is 79.9. The van der Waals surface area contributed by atoms with E-state index in [2.05, 4.69) is 22.9 Å². The first-order valence-electron chi connectivity index (χ1n) is 4.72. The zero-order valence-electron chi connectivity index (χ0n) is 8.76. The molecule has 1 aromatic heterocycles. The van der Waals surface area contributed by atoms with Gasteiger partial charge < -0.3 is 0 Å². The summed E-state index contributed by atoms with van der Waals surface area (Å²) in [6.07, 6.45) is 1.47. The van der Waals surface area contributed by atoms with E-state index in [1.165, 1.54) is 0 Å². The quantitative estimate of drug-likeness (QED) is 0.810. The highest BCUT2D eigenvalue weighted by molar-refractivity contribution is 9.10. The highest BCUT2D eigenvalue weighted by Crippen LogP contribution is 2.26. The summed E-state index contributed by atoms with van der Waals surface area (Å²) in [5.74, 6) is 0.328. The zero-order chi connectivity index (χ0) is 10.8. The van der Waals surface area contributed by atoms with Crippen LogP contribution in [0, 0.1) is 5.41 Å². The topological polar surface area (TPSA) is 17.1 Å². The third kappa shape index (κ3) is 2.92. The maximum atomic E-state index is 11.9. The van der Waals surface area contributed by atoms with Crippen LogP contribution in [0.15, 0.2) is 15.9 Å². The van der Waals surface area contributed by atoms with Gasteiger partial charge >= 0.3 is 0 Å². The minimum Gasteiger partial charge on any atom is -0.299 e. The van der Waals surface area contributed by atoms with Gasteiger partial charge in [0.05, 0.1) is 0 Å². The van der Waals surface area contributed by atoms with Crippen LogP contribution in [-0.4, -0.2) is 5.78 Å². The first-order chi connectivity index (χ1) is 6.45. The standard InChI is InChI=1S/C11H15BrOS/c1-4-11(2,3)10(13)6-9-5-8(12)7-14-9/h5,7H,4,6H2,1-3H3. The van der Waals surface area contributed by atoms with Crippen molar-refractivity contribution in [2.75, 3.05) is 0 Å². The Hall–Kier alpha value is -0.150. The van der Waals surface area contributed by atoms with Gasteiger partial charge in [0.25, 0.3) is 0 Å². The molecule has 0 aliphatic carbocycles. The average molecular weight is 275 g/mol. The molecule has 0 radical (unpaired) electrons. The number of ketones is 1. The summed E-state index contributed by atoms with van der Waals surface area (Å²) in [4.78, 5) is 13.0. The summed E-state index contributed by atoms with van der Waals surface area (Å²) < 4.78 is 1.07. The molecule has 14 heavy (non-hydrogen) atoms. The molecule has 0 aromatic carbocycles. The lowest BCUT2D eigenvalue weighted by Gasteiger charge is -2.20. The molecule has 1 aromatic rings. The molecule has 0 saturated heterocycles. The van der Waals surface area contributed by atoms with Gasteiger partial charge in [-0.2, -0.15) is 0 Å². The number of rotatable bonds is 4. The molecular weight excluding hydrogens is 260 g/mol. The number of halogens is 1. The molecular formula is C11H15BrOS. The molecule has 0 bridgehead atoms. The molecule has 1 heterocycles. The number of carbonyl (C=O) groups is 1. The first kappa shape index (κ1) is 11.9. The minimum absolute atomic E-state index is 0.184. The fourth-order valence-electron chi connectivity index (χ4n) is 1.04. The monoisotopic (exact) mass is 274 g/mol. The van der Waals surface area contributed by atoms with Crippen molar-refractivity contribution in [1.82, 2.24) is 0 Å². The number of hydrogen-bond acceptors (Lipinski definition) is 2. The molecule has 0 atom stereocenters. The number of hydrogen-bond donors (Lipinski definition) is 0. The Morgan fingerprint density at radius 2 is 2.21 bits per heavy atom. The van der Waals surface area contributed by atoms with Crippen molar-refractivity contribution >= 4 is 33.0 Å². The summed E-state index contributed by atoms with van der Waals surface area (Å²) in [5, 5.41) is 2.02. The fourth-order valence-corrected chi connectivity index (χ4v) is 2.49. The van der Waals surface area contributed by atoms with Crippen molar-refractivity contribution < 1.29 is 4.79 Å². The largest absolute Gasteiger partial charge is 0.299 e. The van der Waals surface area contributed by atoms with Crippen LogP contribution >= 0.6 is 27.3 Å². The smallest absolute Gasteiger partial charge is 0.143 e. The Morgan fingerprint density at radius 3 is 2.64 bits per heavy atom. The molecule has 0 amide bonds. The predicted molar refractivity (Wildman–Crippen MR) is 64.8 cm³/mol. The van der Waals surface area contributed by atoms with E-state index in [-0.39, 0.29) is 5.41 Å². The predicted octanol–water partition coefficient (Wildman–Crippen LogP) is 4.06. The first-order valence-corrected chi connectivity index (χ1v) is 6.39. The van der Waals surface area contributed by atoms with Crippen molar-refractivity contribution in [3.63, 3.8) is 0 Å². The zero-order valence-corrected chi connectivity index (χ0v) is 11.2. The Balaban J connectivity index is 2.66. The second kappa shape index (κ2) is 4.58. The lowest BCUT2D eigenvalue weighted by molar-refractivity contribution is -0.126. The van der Waals surface area contributed by atoms with Crippen LogP contribution in [0.2, 0.25) is 0 Å². The van der Waals surface area contributed by atoms with Gasteiger partial charge in [0.2, 0.25) is 0 Å². The van der Waals surface area contributed by atoms with Gasteiger partial charge in [-0.1, -0.05) is 20.8 Å². The lowest BCUT2D eigenvalue weighted by atomic mass is 9.84. The van der Waals surface area contributed by atoms with Gasteiger partial charge in [-0.05, 0) is 28.4 Å². The average Bonchev–Trinajstić information content (AvgIpc) is 2.51. The van der Waals surface area contributed by atoms with E-state index >= 15 is 0 Å². The van der Waals surface area contributed by atoms with Gasteiger partial charge in [0.15, 0.2) is 0 Å². The summed E-state index contributed by atoms with van der Waals surface area (Å²) in [6, 6.07) is 2.02. The van der Waals surface area contributed by atoms with E-state index in [4.69, 9.17) is 0 Å². The van der Waals surface area contributed by atoms with Gasteiger partial charge in [-0.25, -0.2) is 0 Å². The van der Waals surface area contributed by atoms with E-state index in [1.54, 1.807) is 11.3 Å². The molecule has 0 saturated carbocycles. The second-order valence-electron chi connectivity index (χ2n) is 4.07. The van der Waals surface area contributed by atoms with Crippen molar-refractivity contribution in [3.8, 4) is 0 Å². The Kier molecular flexibility index (Phi) is 3.90. The van der Waals surface area contributed by atoms with E-state index in [0.29, 0.717) is 12.2 Å². The van der Waals surface area contributed by atoms with Gasteiger partial charge in [0.1, 0.15) is 5.78 Å². The molecule has 0 aliphatic heterocycles. The number of carbonyl (C=O) groups excluding carboxylic acids is 1. The van der Waals surface area contributed by atoms with Gasteiger partial charge in [-0.15, -0.1) is 11.3 Å². The molecule has 0 spiro atoms. The summed E-state index contributed by atoms with van der Waals surface area (Å²) in [6.45, 7) is 6.08. The van der Waals surface area contributed by atoms with E-state index in [0.717, 1.165) is 15.8 Å². The molecule has 3 heteroatoms. The minimum atomic E-state index is -0.184. The highest BCUT2D eigenvalue weighted by Gasteiger charge is 2.25. The third-order valence-corrected chi connectivity index (χ3v) is 4.29. The van der Waals surface area contributed by atoms with Crippen molar-refractivity contribution in [3.05, 3.63) is 20.8 Å². The van der Waals surface area contributed by atoms with Gasteiger partial charge in [0, 0.05) is 26.6 Å². The van der Waals surface area contributed by atoms with Crippen LogP contribution in [-0.2, 0) is 11.2 Å². The van der Waals surface area contributed by atoms with Crippen LogP contribution in [0.25, 0.3) is 0 Å². The summed E-state index contributed by atoms with van der Waals surface area (Å²) in [5.41, 5.74) is -0.184. The molecule has 0 N–H and O–H groups in total. The van der Waals surface area contributed by atoms with Crippen LogP contribution in [0.5, 0.6) is 0 Å². The summed E-state index contributed by atoms with van der Waals surface area (Å²) >= 11 is 5.03. The van der Waals surface area contributed by atoms with Crippen LogP contribution < -0.4 is 0 Å². The molecule has 0 aliphatic rings. The Labute approximate surface area is 97.7 Å². The maximum absolute atomic E-state index is 11.9. The molecule has 78 valence electrons. The lowest BCUT2D eigenvalue weighted by Crippen LogP contribution is -2.24. The molecule has 1 nitrogen and oxygen atoms in total. The number of thiophene rings is 1. The molecule has 1 rings (SSSR count). The molecule has 0 fully saturated rings. The van der Waals surface area contributed by atoms with Gasteiger partial charge in [-0.3, -0.25) is 4.79 Å². The van der Waals surface area contributed by atoms with Crippen molar-refractivity contribution in [2.45, 2.75) is 33.6 Å². The third-order valence-electron chi connectivity index (χ3n) is 2.60. The van der Waals surface area contributed by atoms with E-state index < -0.39 is 0 Å². The fraction of sp³-hybridized carbons (Fsp3) is 0.545.